The molecule has 1 fully saturated rings. The first-order valence-electron chi connectivity index (χ1n) is 6.54. The van der Waals surface area contributed by atoms with Gasteiger partial charge in [-0.05, 0) is 13.8 Å². The third-order valence-electron chi connectivity index (χ3n) is 3.38. The van der Waals surface area contributed by atoms with Crippen molar-refractivity contribution in [1.29, 1.82) is 0 Å². The summed E-state index contributed by atoms with van der Waals surface area (Å²) in [7, 11) is 0. The number of carbonyl (C=O) groups is 2. The fourth-order valence-corrected chi connectivity index (χ4v) is 1.91. The second-order valence-electron chi connectivity index (χ2n) is 4.80. The molecule has 6 heteroatoms. The van der Waals surface area contributed by atoms with Gasteiger partial charge in [0, 0.05) is 38.8 Å². The van der Waals surface area contributed by atoms with Gasteiger partial charge >= 0.3 is 6.03 Å². The van der Waals surface area contributed by atoms with E-state index in [9.17, 15) is 9.59 Å². The molecule has 0 aromatic rings. The normalized spacial score (nSPS) is 19.3. The first kappa shape index (κ1) is 14.8. The lowest BCUT2D eigenvalue weighted by atomic mass is 10.0. The lowest BCUT2D eigenvalue weighted by molar-refractivity contribution is -0.136. The molecule has 1 rings (SSSR count). The molecule has 6 nitrogen and oxygen atoms in total. The zero-order valence-electron chi connectivity index (χ0n) is 11.5. The molecule has 2 atom stereocenters. The van der Waals surface area contributed by atoms with E-state index >= 15 is 0 Å². The average molecular weight is 256 g/mol. The Labute approximate surface area is 108 Å². The molecule has 0 bridgehead atoms. The third-order valence-corrected chi connectivity index (χ3v) is 3.38. The number of hydrogen-bond donors (Lipinski definition) is 2. The maximum Gasteiger partial charge on any atom is 0.317 e. The molecule has 1 aliphatic heterocycles. The summed E-state index contributed by atoms with van der Waals surface area (Å²) in [6.45, 7) is 8.56. The highest BCUT2D eigenvalue weighted by Gasteiger charge is 2.27. The van der Waals surface area contributed by atoms with E-state index in [0.29, 0.717) is 32.7 Å². The van der Waals surface area contributed by atoms with Gasteiger partial charge in [0.2, 0.25) is 5.91 Å². The van der Waals surface area contributed by atoms with Crippen LogP contribution < -0.4 is 11.1 Å². The molecule has 0 radical (unpaired) electrons. The standard InChI is InChI=1S/C12H24N4O2/c1-4-14-12(18)16-7-5-15(6-8-16)11(17)9(2)10(3)13/h9-10H,4-8,13H2,1-3H3,(H,14,18). The number of urea groups is 1. The Kier molecular flexibility index (Phi) is 5.40. The van der Waals surface area contributed by atoms with Crippen molar-refractivity contribution in [2.75, 3.05) is 32.7 Å². The van der Waals surface area contributed by atoms with Crippen molar-refractivity contribution in [2.45, 2.75) is 26.8 Å². The highest BCUT2D eigenvalue weighted by molar-refractivity contribution is 5.80. The molecule has 18 heavy (non-hydrogen) atoms. The van der Waals surface area contributed by atoms with Crippen LogP contribution in [0.25, 0.3) is 0 Å². The molecule has 0 saturated carbocycles. The quantitative estimate of drug-likeness (QED) is 0.736. The van der Waals surface area contributed by atoms with Crippen molar-refractivity contribution in [3.8, 4) is 0 Å². The molecule has 3 N–H and O–H groups in total. The SMILES string of the molecule is CCNC(=O)N1CCN(C(=O)C(C)C(C)N)CC1. The smallest absolute Gasteiger partial charge is 0.317 e. The summed E-state index contributed by atoms with van der Waals surface area (Å²) in [5.74, 6) is -0.0819. The van der Waals surface area contributed by atoms with E-state index in [4.69, 9.17) is 5.73 Å². The summed E-state index contributed by atoms with van der Waals surface area (Å²) in [6, 6.07) is -0.191. The number of amides is 3. The van der Waals surface area contributed by atoms with Crippen LogP contribution >= 0.6 is 0 Å². The summed E-state index contributed by atoms with van der Waals surface area (Å²) < 4.78 is 0. The van der Waals surface area contributed by atoms with Crippen LogP contribution in [0, 0.1) is 5.92 Å². The van der Waals surface area contributed by atoms with Gasteiger partial charge in [-0.15, -0.1) is 0 Å². The molecule has 3 amide bonds. The van der Waals surface area contributed by atoms with Gasteiger partial charge in [-0.2, -0.15) is 0 Å². The van der Waals surface area contributed by atoms with Crippen LogP contribution in [0.4, 0.5) is 4.79 Å². The van der Waals surface area contributed by atoms with Crippen LogP contribution in [0.15, 0.2) is 0 Å². The zero-order chi connectivity index (χ0) is 13.7. The van der Waals surface area contributed by atoms with E-state index in [2.05, 4.69) is 5.32 Å². The Morgan fingerprint density at radius 2 is 1.67 bits per heavy atom. The minimum atomic E-state index is -0.166. The van der Waals surface area contributed by atoms with E-state index in [-0.39, 0.29) is 23.9 Å². The van der Waals surface area contributed by atoms with E-state index in [1.54, 1.807) is 9.80 Å². The number of hydrogen-bond acceptors (Lipinski definition) is 3. The lowest BCUT2D eigenvalue weighted by Gasteiger charge is -2.36. The van der Waals surface area contributed by atoms with Gasteiger partial charge in [-0.1, -0.05) is 6.92 Å². The second kappa shape index (κ2) is 6.58. The first-order valence-corrected chi connectivity index (χ1v) is 6.54. The van der Waals surface area contributed by atoms with Gasteiger partial charge in [-0.3, -0.25) is 4.79 Å². The fraction of sp³-hybridized carbons (Fsp3) is 0.833. The first-order chi connectivity index (χ1) is 8.47. The van der Waals surface area contributed by atoms with Crippen molar-refractivity contribution < 1.29 is 9.59 Å². The van der Waals surface area contributed by atoms with Gasteiger partial charge in [0.15, 0.2) is 0 Å². The van der Waals surface area contributed by atoms with Gasteiger partial charge in [0.05, 0.1) is 5.92 Å². The fourth-order valence-electron chi connectivity index (χ4n) is 1.91. The van der Waals surface area contributed by atoms with Crippen LogP contribution in [0.1, 0.15) is 20.8 Å². The van der Waals surface area contributed by atoms with E-state index in [1.807, 2.05) is 20.8 Å². The van der Waals surface area contributed by atoms with Crippen LogP contribution in [-0.2, 0) is 4.79 Å². The zero-order valence-corrected chi connectivity index (χ0v) is 11.5. The maximum atomic E-state index is 12.1. The number of carbonyl (C=O) groups excluding carboxylic acids is 2. The van der Waals surface area contributed by atoms with E-state index in [1.165, 1.54) is 0 Å². The Balaban J connectivity index is 2.44. The molecule has 0 spiro atoms. The number of nitrogens with two attached hydrogens (primary N) is 1. The lowest BCUT2D eigenvalue weighted by Crippen LogP contribution is -2.55. The van der Waals surface area contributed by atoms with Crippen LogP contribution in [-0.4, -0.2) is 60.5 Å². The van der Waals surface area contributed by atoms with E-state index in [0.717, 1.165) is 0 Å². The summed E-state index contributed by atoms with van der Waals surface area (Å²) in [4.78, 5) is 27.2. The Hall–Kier alpha value is -1.30. The van der Waals surface area contributed by atoms with Gasteiger partial charge in [-0.25, -0.2) is 4.79 Å². The monoisotopic (exact) mass is 256 g/mol. The number of piperazine rings is 1. The predicted octanol–water partition coefficient (Wildman–Crippen LogP) is -0.157. The minimum Gasteiger partial charge on any atom is -0.339 e. The summed E-state index contributed by atoms with van der Waals surface area (Å²) >= 11 is 0. The van der Waals surface area contributed by atoms with Crippen LogP contribution in [0.5, 0.6) is 0 Å². The van der Waals surface area contributed by atoms with Crippen molar-refractivity contribution in [1.82, 2.24) is 15.1 Å². The molecule has 0 aliphatic carbocycles. The minimum absolute atomic E-state index is 0.0511. The van der Waals surface area contributed by atoms with Crippen LogP contribution in [0.3, 0.4) is 0 Å². The van der Waals surface area contributed by atoms with Crippen molar-refractivity contribution in [3.63, 3.8) is 0 Å². The molecular weight excluding hydrogens is 232 g/mol. The molecule has 0 aromatic carbocycles. The Bertz CT molecular complexity index is 298. The Morgan fingerprint density at radius 3 is 2.11 bits per heavy atom. The van der Waals surface area contributed by atoms with Gasteiger partial charge in [0.1, 0.15) is 0 Å². The number of nitrogens with zero attached hydrogens (tertiary/aromatic N) is 2. The highest BCUT2D eigenvalue weighted by Crippen LogP contribution is 2.09. The summed E-state index contributed by atoms with van der Waals surface area (Å²) in [6.07, 6.45) is 0. The predicted molar refractivity (Wildman–Crippen MR) is 70.0 cm³/mol. The molecule has 0 aromatic heterocycles. The number of nitrogens with one attached hydrogen (secondary N) is 1. The van der Waals surface area contributed by atoms with Crippen LogP contribution in [0.2, 0.25) is 0 Å². The number of rotatable bonds is 3. The van der Waals surface area contributed by atoms with Gasteiger partial charge < -0.3 is 20.9 Å². The summed E-state index contributed by atoms with van der Waals surface area (Å²) in [5.41, 5.74) is 5.74. The molecule has 1 saturated heterocycles. The molecule has 1 aliphatic rings. The Morgan fingerprint density at radius 1 is 1.17 bits per heavy atom. The molecule has 104 valence electrons. The average Bonchev–Trinajstić information content (AvgIpc) is 2.37. The molecular formula is C12H24N4O2. The summed E-state index contributed by atoms with van der Waals surface area (Å²) in [5, 5.41) is 2.76. The van der Waals surface area contributed by atoms with Crippen molar-refractivity contribution in [2.24, 2.45) is 11.7 Å². The molecule has 1 heterocycles. The van der Waals surface area contributed by atoms with Gasteiger partial charge in [0.25, 0.3) is 0 Å². The molecule has 2 unspecified atom stereocenters. The van der Waals surface area contributed by atoms with Crippen molar-refractivity contribution >= 4 is 11.9 Å². The topological polar surface area (TPSA) is 78.7 Å². The second-order valence-corrected chi connectivity index (χ2v) is 4.80. The third kappa shape index (κ3) is 3.60. The largest absolute Gasteiger partial charge is 0.339 e. The maximum absolute atomic E-state index is 12.1. The van der Waals surface area contributed by atoms with Crippen molar-refractivity contribution in [3.05, 3.63) is 0 Å². The highest BCUT2D eigenvalue weighted by atomic mass is 16.2. The van der Waals surface area contributed by atoms with E-state index < -0.39 is 0 Å².